The van der Waals surface area contributed by atoms with Gasteiger partial charge < -0.3 is 19.9 Å². The summed E-state index contributed by atoms with van der Waals surface area (Å²) < 4.78 is 13.1. The minimum absolute atomic E-state index is 0.0786. The molecule has 2 aromatic rings. The number of aliphatic hydroxyl groups excluding tert-OH is 1. The van der Waals surface area contributed by atoms with Gasteiger partial charge in [0.25, 0.3) is 5.91 Å². The fourth-order valence-electron chi connectivity index (χ4n) is 3.66. The summed E-state index contributed by atoms with van der Waals surface area (Å²) >= 11 is 1.73. The van der Waals surface area contributed by atoms with E-state index in [0.717, 1.165) is 19.3 Å². The van der Waals surface area contributed by atoms with E-state index in [4.69, 9.17) is 14.6 Å². The van der Waals surface area contributed by atoms with Crippen LogP contribution in [0.2, 0.25) is 0 Å². The van der Waals surface area contributed by atoms with Crippen molar-refractivity contribution in [3.8, 4) is 0 Å². The van der Waals surface area contributed by atoms with E-state index in [1.165, 1.54) is 22.1 Å². The summed E-state index contributed by atoms with van der Waals surface area (Å²) in [6.07, 6.45) is 6.92. The van der Waals surface area contributed by atoms with E-state index >= 15 is 0 Å². The molecule has 0 saturated heterocycles. The molecule has 4 rings (SSSR count). The molecule has 2 atom stereocenters. The molecule has 150 valence electrons. The smallest absolute Gasteiger partial charge is 0.286 e. The number of hydrogen-bond donors (Lipinski definition) is 2. The quantitative estimate of drug-likeness (QED) is 0.654. The maximum absolute atomic E-state index is 12.7. The fourth-order valence-corrected chi connectivity index (χ4v) is 4.68. The monoisotopic (exact) mass is 401 g/mol. The molecule has 5 nitrogen and oxygen atoms in total. The number of nitrogens with one attached hydrogen (secondary N) is 1. The number of ether oxygens (including phenoxy) is 2. The lowest BCUT2D eigenvalue weighted by molar-refractivity contribution is -0.147. The van der Waals surface area contributed by atoms with Crippen LogP contribution in [0.25, 0.3) is 10.1 Å². The van der Waals surface area contributed by atoms with E-state index in [2.05, 4.69) is 28.9 Å². The standard InChI is InChI=1S/C22H27NO4S/c24-10-3-4-11-26-21-13-15(18-14-28-20-9-2-1-8-17(18)20)12-19(27-21)22(25)23-16-6-5-7-16/h1-2,8-9,12,14-16,21,24H,3-7,10-11,13H2,(H,23,25)/t15-,21+/m1/s1. The molecule has 6 heteroatoms. The number of allylic oxidation sites excluding steroid dienone is 1. The topological polar surface area (TPSA) is 67.8 Å². The second-order valence-corrected chi connectivity index (χ2v) is 8.42. The van der Waals surface area contributed by atoms with Crippen molar-refractivity contribution in [2.45, 2.75) is 56.8 Å². The van der Waals surface area contributed by atoms with Gasteiger partial charge in [-0.25, -0.2) is 0 Å². The molecule has 1 aromatic carbocycles. The van der Waals surface area contributed by atoms with Crippen molar-refractivity contribution in [1.29, 1.82) is 0 Å². The summed E-state index contributed by atoms with van der Waals surface area (Å²) in [4.78, 5) is 12.7. The van der Waals surface area contributed by atoms with Gasteiger partial charge in [0.2, 0.25) is 6.29 Å². The highest BCUT2D eigenvalue weighted by atomic mass is 32.1. The van der Waals surface area contributed by atoms with Gasteiger partial charge in [0.1, 0.15) is 0 Å². The number of benzene rings is 1. The SMILES string of the molecule is O=C(NC1CCC1)C1=C[C@@H](c2csc3ccccc23)C[C@@H](OCCCCO)O1. The molecule has 1 aromatic heterocycles. The third-order valence-electron chi connectivity index (χ3n) is 5.49. The molecule has 2 heterocycles. The third-order valence-corrected chi connectivity index (χ3v) is 6.47. The number of carbonyl (C=O) groups excluding carboxylic acids is 1. The lowest BCUT2D eigenvalue weighted by Gasteiger charge is -2.31. The number of unbranched alkanes of at least 4 members (excludes halogenated alkanes) is 1. The van der Waals surface area contributed by atoms with Crippen LogP contribution in [0.5, 0.6) is 0 Å². The minimum Gasteiger partial charge on any atom is -0.459 e. The largest absolute Gasteiger partial charge is 0.459 e. The highest BCUT2D eigenvalue weighted by molar-refractivity contribution is 7.17. The number of hydrogen-bond acceptors (Lipinski definition) is 5. The molecule has 1 aliphatic carbocycles. The number of thiophene rings is 1. The molecule has 1 saturated carbocycles. The van der Waals surface area contributed by atoms with Gasteiger partial charge in [0.05, 0.1) is 6.61 Å². The van der Waals surface area contributed by atoms with Crippen molar-refractivity contribution in [2.75, 3.05) is 13.2 Å². The van der Waals surface area contributed by atoms with Gasteiger partial charge >= 0.3 is 0 Å². The second kappa shape index (κ2) is 9.07. The van der Waals surface area contributed by atoms with Crippen molar-refractivity contribution in [2.24, 2.45) is 0 Å². The van der Waals surface area contributed by atoms with Crippen LogP contribution < -0.4 is 5.32 Å². The van der Waals surface area contributed by atoms with E-state index in [1.54, 1.807) is 11.3 Å². The van der Waals surface area contributed by atoms with E-state index in [0.29, 0.717) is 25.2 Å². The molecule has 2 aliphatic rings. The van der Waals surface area contributed by atoms with Crippen LogP contribution >= 0.6 is 11.3 Å². The highest BCUT2D eigenvalue weighted by Crippen LogP contribution is 2.38. The van der Waals surface area contributed by atoms with Gasteiger partial charge in [0.15, 0.2) is 5.76 Å². The van der Waals surface area contributed by atoms with Crippen molar-refractivity contribution in [1.82, 2.24) is 5.32 Å². The molecule has 0 unspecified atom stereocenters. The van der Waals surface area contributed by atoms with Crippen molar-refractivity contribution >= 4 is 27.3 Å². The second-order valence-electron chi connectivity index (χ2n) is 7.51. The first-order valence-corrected chi connectivity index (χ1v) is 11.0. The Morgan fingerprint density at radius 2 is 2.14 bits per heavy atom. The van der Waals surface area contributed by atoms with Gasteiger partial charge in [-0.15, -0.1) is 11.3 Å². The lowest BCUT2D eigenvalue weighted by Crippen LogP contribution is -2.42. The van der Waals surface area contributed by atoms with Crippen LogP contribution in [0, 0.1) is 0 Å². The maximum Gasteiger partial charge on any atom is 0.286 e. The molecule has 0 radical (unpaired) electrons. The Morgan fingerprint density at radius 3 is 2.93 bits per heavy atom. The number of amides is 1. The van der Waals surface area contributed by atoms with E-state index in [1.807, 2.05) is 12.1 Å². The van der Waals surface area contributed by atoms with Crippen molar-refractivity contribution < 1.29 is 19.4 Å². The number of aliphatic hydroxyl groups is 1. The molecule has 1 aliphatic heterocycles. The fraction of sp³-hybridized carbons (Fsp3) is 0.500. The lowest BCUT2D eigenvalue weighted by atomic mass is 9.91. The minimum atomic E-state index is -0.450. The zero-order valence-electron chi connectivity index (χ0n) is 15.9. The van der Waals surface area contributed by atoms with Crippen LogP contribution in [0.4, 0.5) is 0 Å². The van der Waals surface area contributed by atoms with Crippen LogP contribution in [-0.4, -0.2) is 36.6 Å². The first-order valence-electron chi connectivity index (χ1n) is 10.1. The zero-order valence-corrected chi connectivity index (χ0v) is 16.7. The normalized spacial score (nSPS) is 22.4. The van der Waals surface area contributed by atoms with Crippen molar-refractivity contribution in [3.05, 3.63) is 47.0 Å². The summed E-state index contributed by atoms with van der Waals surface area (Å²) in [5, 5.41) is 15.4. The Kier molecular flexibility index (Phi) is 6.29. The first-order chi connectivity index (χ1) is 13.7. The van der Waals surface area contributed by atoms with Gasteiger partial charge in [-0.2, -0.15) is 0 Å². The molecular formula is C22H27NO4S. The number of rotatable bonds is 8. The number of fused-ring (bicyclic) bond motifs is 1. The van der Waals surface area contributed by atoms with E-state index < -0.39 is 6.29 Å². The average molecular weight is 402 g/mol. The third kappa shape index (κ3) is 4.40. The van der Waals surface area contributed by atoms with Gasteiger partial charge in [0, 0.05) is 29.7 Å². The Morgan fingerprint density at radius 1 is 1.29 bits per heavy atom. The maximum atomic E-state index is 12.7. The van der Waals surface area contributed by atoms with Gasteiger partial charge in [-0.3, -0.25) is 4.79 Å². The van der Waals surface area contributed by atoms with Crippen molar-refractivity contribution in [3.63, 3.8) is 0 Å². The molecule has 0 spiro atoms. The summed E-state index contributed by atoms with van der Waals surface area (Å²) in [5.41, 5.74) is 1.22. The number of carbonyl (C=O) groups is 1. The van der Waals surface area contributed by atoms with Crippen LogP contribution in [-0.2, 0) is 14.3 Å². The summed E-state index contributed by atoms with van der Waals surface area (Å²) in [5.74, 6) is 0.304. The molecule has 1 amide bonds. The predicted molar refractivity (Wildman–Crippen MR) is 110 cm³/mol. The van der Waals surface area contributed by atoms with Crippen LogP contribution in [0.1, 0.15) is 50.0 Å². The molecular weight excluding hydrogens is 374 g/mol. The zero-order chi connectivity index (χ0) is 19.3. The first kappa shape index (κ1) is 19.4. The van der Waals surface area contributed by atoms with Crippen LogP contribution in [0.15, 0.2) is 41.5 Å². The molecule has 28 heavy (non-hydrogen) atoms. The molecule has 1 fully saturated rings. The Bertz CT molecular complexity index is 842. The predicted octanol–water partition coefficient (Wildman–Crippen LogP) is 4.07. The van der Waals surface area contributed by atoms with Gasteiger partial charge in [-0.1, -0.05) is 18.2 Å². The van der Waals surface area contributed by atoms with Crippen LogP contribution in [0.3, 0.4) is 0 Å². The molecule has 2 N–H and O–H groups in total. The Hall–Kier alpha value is -1.89. The van der Waals surface area contributed by atoms with E-state index in [-0.39, 0.29) is 24.5 Å². The average Bonchev–Trinajstić information content (AvgIpc) is 3.12. The summed E-state index contributed by atoms with van der Waals surface area (Å²) in [6, 6.07) is 8.63. The van der Waals surface area contributed by atoms with Gasteiger partial charge in [-0.05, 0) is 60.6 Å². The highest BCUT2D eigenvalue weighted by Gasteiger charge is 2.31. The summed E-state index contributed by atoms with van der Waals surface area (Å²) in [6.45, 7) is 0.674. The Balaban J connectivity index is 1.53. The molecule has 0 bridgehead atoms. The summed E-state index contributed by atoms with van der Waals surface area (Å²) in [7, 11) is 0. The Labute approximate surface area is 169 Å². The van der Waals surface area contributed by atoms with E-state index in [9.17, 15) is 4.79 Å².